The van der Waals surface area contributed by atoms with Gasteiger partial charge in [-0.1, -0.05) is 13.8 Å². The second kappa shape index (κ2) is 2.24. The van der Waals surface area contributed by atoms with Crippen LogP contribution in [0.1, 0.15) is 33.1 Å². The molecule has 2 nitrogen and oxygen atoms in total. The Bertz CT molecular complexity index is 202. The minimum absolute atomic E-state index is 0.0394. The van der Waals surface area contributed by atoms with E-state index in [2.05, 4.69) is 13.8 Å². The highest BCUT2D eigenvalue weighted by molar-refractivity contribution is 5.13. The van der Waals surface area contributed by atoms with Crippen LogP contribution in [0.3, 0.4) is 0 Å². The predicted molar refractivity (Wildman–Crippen MR) is 48.6 cm³/mol. The smallest absolute Gasteiger partial charge is 0.0507 e. The summed E-state index contributed by atoms with van der Waals surface area (Å²) in [6.07, 6.45) is 3.51. The molecule has 70 valence electrons. The Morgan fingerprint density at radius 3 is 2.42 bits per heavy atom. The van der Waals surface area contributed by atoms with Crippen molar-refractivity contribution >= 4 is 0 Å². The van der Waals surface area contributed by atoms with Gasteiger partial charge in [-0.3, -0.25) is 0 Å². The first kappa shape index (κ1) is 8.52. The lowest BCUT2D eigenvalue weighted by Gasteiger charge is -2.39. The first-order chi connectivity index (χ1) is 5.54. The maximum atomic E-state index is 9.47. The second-order valence-electron chi connectivity index (χ2n) is 5.11. The predicted octanol–water partition coefficient (Wildman–Crippen LogP) is 1.13. The van der Waals surface area contributed by atoms with Gasteiger partial charge in [0.2, 0.25) is 0 Å². The molecule has 2 saturated carbocycles. The number of hydrogen-bond donors (Lipinski definition) is 2. The van der Waals surface area contributed by atoms with Gasteiger partial charge < -0.3 is 10.8 Å². The Morgan fingerprint density at radius 2 is 2.17 bits per heavy atom. The first-order valence-corrected chi connectivity index (χ1v) is 4.91. The third-order valence-corrected chi connectivity index (χ3v) is 4.77. The standard InChI is InChI=1S/C10H19NO/c1-9(2)7-3-4-10(9,6-12)8(11)5-7/h7-8,12H,3-6,11H2,1-2H3/t7-,8+,10-/m0/s1. The van der Waals surface area contributed by atoms with Crippen molar-refractivity contribution in [3.63, 3.8) is 0 Å². The average Bonchev–Trinajstić information content (AvgIpc) is 2.36. The molecule has 0 radical (unpaired) electrons. The summed E-state index contributed by atoms with van der Waals surface area (Å²) in [5.74, 6) is 0.750. The Morgan fingerprint density at radius 1 is 1.50 bits per heavy atom. The molecule has 2 bridgehead atoms. The molecule has 0 aromatic carbocycles. The molecule has 2 aliphatic carbocycles. The van der Waals surface area contributed by atoms with Gasteiger partial charge in [0.25, 0.3) is 0 Å². The van der Waals surface area contributed by atoms with E-state index >= 15 is 0 Å². The normalized spacial score (nSPS) is 50.0. The SMILES string of the molecule is CC1(C)[C@H]2CC[C@]1(CO)[C@H](N)C2. The van der Waals surface area contributed by atoms with Crippen LogP contribution in [0.2, 0.25) is 0 Å². The van der Waals surface area contributed by atoms with Crippen LogP contribution < -0.4 is 5.73 Å². The number of nitrogens with two attached hydrogens (primary N) is 1. The largest absolute Gasteiger partial charge is 0.396 e. The monoisotopic (exact) mass is 169 g/mol. The van der Waals surface area contributed by atoms with Crippen molar-refractivity contribution < 1.29 is 5.11 Å². The minimum atomic E-state index is 0.0394. The number of aliphatic hydroxyl groups is 1. The van der Waals surface area contributed by atoms with Crippen LogP contribution in [-0.2, 0) is 0 Å². The molecule has 12 heavy (non-hydrogen) atoms. The van der Waals surface area contributed by atoms with Crippen molar-refractivity contribution in [2.75, 3.05) is 6.61 Å². The van der Waals surface area contributed by atoms with Crippen LogP contribution in [0, 0.1) is 16.7 Å². The van der Waals surface area contributed by atoms with Gasteiger partial charge >= 0.3 is 0 Å². The minimum Gasteiger partial charge on any atom is -0.396 e. The van der Waals surface area contributed by atoms with Crippen molar-refractivity contribution in [1.29, 1.82) is 0 Å². The zero-order chi connectivity index (χ0) is 8.98. The van der Waals surface area contributed by atoms with Gasteiger partial charge in [-0.15, -0.1) is 0 Å². The Kier molecular flexibility index (Phi) is 1.59. The maximum absolute atomic E-state index is 9.47. The van der Waals surface area contributed by atoms with E-state index in [0.29, 0.717) is 0 Å². The summed E-state index contributed by atoms with van der Waals surface area (Å²) in [5.41, 5.74) is 6.39. The quantitative estimate of drug-likeness (QED) is 0.618. The lowest BCUT2D eigenvalue weighted by Crippen LogP contribution is -2.46. The van der Waals surface area contributed by atoms with Gasteiger partial charge in [-0.2, -0.15) is 0 Å². The van der Waals surface area contributed by atoms with Crippen LogP contribution in [0.25, 0.3) is 0 Å². The zero-order valence-corrected chi connectivity index (χ0v) is 8.01. The maximum Gasteiger partial charge on any atom is 0.0507 e. The summed E-state index contributed by atoms with van der Waals surface area (Å²) >= 11 is 0. The van der Waals surface area contributed by atoms with Crippen LogP contribution >= 0.6 is 0 Å². The molecule has 0 aromatic heterocycles. The molecule has 2 rings (SSSR count). The summed E-state index contributed by atoms with van der Waals surface area (Å²) in [5, 5.41) is 9.47. The van der Waals surface area contributed by atoms with Gasteiger partial charge in [0.05, 0.1) is 6.61 Å². The Labute approximate surface area is 74.1 Å². The number of fused-ring (bicyclic) bond motifs is 2. The molecule has 0 spiro atoms. The molecule has 0 amide bonds. The van der Waals surface area contributed by atoms with Gasteiger partial charge in [0.1, 0.15) is 0 Å². The number of rotatable bonds is 1. The van der Waals surface area contributed by atoms with E-state index in [1.807, 2.05) is 0 Å². The highest BCUT2D eigenvalue weighted by atomic mass is 16.3. The second-order valence-corrected chi connectivity index (χ2v) is 5.11. The molecule has 0 heterocycles. The molecule has 3 atom stereocenters. The van der Waals surface area contributed by atoms with E-state index in [1.54, 1.807) is 0 Å². The van der Waals surface area contributed by atoms with Gasteiger partial charge in [-0.25, -0.2) is 0 Å². The summed E-state index contributed by atoms with van der Waals surface area (Å²) in [4.78, 5) is 0. The third kappa shape index (κ3) is 0.686. The van der Waals surface area contributed by atoms with E-state index in [9.17, 15) is 5.11 Å². The average molecular weight is 169 g/mol. The Balaban J connectivity index is 2.39. The fraction of sp³-hybridized carbons (Fsp3) is 1.00. The van der Waals surface area contributed by atoms with Crippen molar-refractivity contribution in [2.45, 2.75) is 39.2 Å². The van der Waals surface area contributed by atoms with Gasteiger partial charge in [-0.05, 0) is 30.6 Å². The number of aliphatic hydroxyl groups excluding tert-OH is 1. The molecule has 2 aliphatic rings. The summed E-state index contributed by atoms with van der Waals surface area (Å²) in [6.45, 7) is 4.82. The van der Waals surface area contributed by atoms with Crippen molar-refractivity contribution in [2.24, 2.45) is 22.5 Å². The van der Waals surface area contributed by atoms with Gasteiger partial charge in [0.15, 0.2) is 0 Å². The molecule has 0 unspecified atom stereocenters. The summed E-state index contributed by atoms with van der Waals surface area (Å²) in [7, 11) is 0. The lowest BCUT2D eigenvalue weighted by molar-refractivity contribution is 0.0344. The molecule has 0 saturated heterocycles. The van der Waals surface area contributed by atoms with E-state index in [0.717, 1.165) is 18.8 Å². The van der Waals surface area contributed by atoms with Crippen LogP contribution in [0.4, 0.5) is 0 Å². The molecule has 2 fully saturated rings. The van der Waals surface area contributed by atoms with Crippen LogP contribution in [0.5, 0.6) is 0 Å². The summed E-state index contributed by atoms with van der Waals surface area (Å²) in [6, 6.07) is 0.233. The van der Waals surface area contributed by atoms with Crippen molar-refractivity contribution in [3.8, 4) is 0 Å². The van der Waals surface area contributed by atoms with Crippen molar-refractivity contribution in [1.82, 2.24) is 0 Å². The Hall–Kier alpha value is -0.0800. The topological polar surface area (TPSA) is 46.2 Å². The number of hydrogen-bond acceptors (Lipinski definition) is 2. The van der Waals surface area contributed by atoms with Crippen LogP contribution in [0.15, 0.2) is 0 Å². The fourth-order valence-corrected chi connectivity index (χ4v) is 3.53. The molecule has 3 N–H and O–H groups in total. The molecule has 0 aliphatic heterocycles. The van der Waals surface area contributed by atoms with E-state index in [1.165, 1.54) is 6.42 Å². The fourth-order valence-electron chi connectivity index (χ4n) is 3.53. The summed E-state index contributed by atoms with van der Waals surface area (Å²) < 4.78 is 0. The van der Waals surface area contributed by atoms with Crippen LogP contribution in [-0.4, -0.2) is 17.8 Å². The third-order valence-electron chi connectivity index (χ3n) is 4.77. The van der Waals surface area contributed by atoms with Crippen molar-refractivity contribution in [3.05, 3.63) is 0 Å². The first-order valence-electron chi connectivity index (χ1n) is 4.91. The van der Waals surface area contributed by atoms with E-state index < -0.39 is 0 Å². The highest BCUT2D eigenvalue weighted by Gasteiger charge is 2.62. The van der Waals surface area contributed by atoms with E-state index in [4.69, 9.17) is 5.73 Å². The molecule has 0 aromatic rings. The highest BCUT2D eigenvalue weighted by Crippen LogP contribution is 2.64. The molecule has 2 heteroatoms. The zero-order valence-electron chi connectivity index (χ0n) is 8.01. The molecular weight excluding hydrogens is 150 g/mol. The van der Waals surface area contributed by atoms with Gasteiger partial charge in [0, 0.05) is 11.5 Å². The molecular formula is C10H19NO. The van der Waals surface area contributed by atoms with E-state index in [-0.39, 0.29) is 23.5 Å². The lowest BCUT2D eigenvalue weighted by atomic mass is 9.68.